The number of para-hydroxylation sites is 1. The summed E-state index contributed by atoms with van der Waals surface area (Å²) in [4.78, 5) is 9.41. The third-order valence-electron chi connectivity index (χ3n) is 4.43. The van der Waals surface area contributed by atoms with Crippen LogP contribution in [0.25, 0.3) is 0 Å². The second kappa shape index (κ2) is 14.0. The summed E-state index contributed by atoms with van der Waals surface area (Å²) in [6.07, 6.45) is 2.62. The van der Waals surface area contributed by atoms with Crippen molar-refractivity contribution < 1.29 is 9.47 Å². The molecule has 1 aromatic carbocycles. The molecule has 154 valence electrons. The largest absolute Gasteiger partial charge is 0.492 e. The first-order chi connectivity index (χ1) is 12.7. The Morgan fingerprint density at radius 2 is 1.89 bits per heavy atom. The first kappa shape index (κ1) is 24.0. The molecule has 0 spiro atoms. The lowest BCUT2D eigenvalue weighted by Crippen LogP contribution is -2.41. The second-order valence-electron chi connectivity index (χ2n) is 6.58. The molecule has 0 radical (unpaired) electrons. The summed E-state index contributed by atoms with van der Waals surface area (Å²) in [7, 11) is 3.82. The van der Waals surface area contributed by atoms with Gasteiger partial charge in [0, 0.05) is 39.8 Å². The molecule has 1 aliphatic rings. The highest BCUT2D eigenvalue weighted by Gasteiger charge is 2.28. The molecule has 0 atom stereocenters. The molecule has 0 bridgehead atoms. The number of guanidine groups is 1. The normalized spacial score (nSPS) is 14.0. The predicted molar refractivity (Wildman–Crippen MR) is 122 cm³/mol. The summed E-state index contributed by atoms with van der Waals surface area (Å²) in [5, 5.41) is 3.37. The number of hydrogen-bond donors (Lipinski definition) is 1. The molecule has 7 heteroatoms. The molecule has 0 amide bonds. The van der Waals surface area contributed by atoms with Crippen LogP contribution in [0.4, 0.5) is 0 Å². The van der Waals surface area contributed by atoms with Gasteiger partial charge in [-0.3, -0.25) is 9.89 Å². The third-order valence-corrected chi connectivity index (χ3v) is 4.43. The van der Waals surface area contributed by atoms with Gasteiger partial charge in [-0.1, -0.05) is 18.2 Å². The van der Waals surface area contributed by atoms with E-state index in [4.69, 9.17) is 14.5 Å². The number of nitrogens with zero attached hydrogens (tertiary/aromatic N) is 3. The number of rotatable bonds is 12. The standard InChI is InChI=1S/C20H34N4O2.HI/c1-4-21-20(22-12-13-24(15-16-25-3)18-10-11-18)23(2)14-17-26-19-8-6-5-7-9-19;/h5-9,18H,4,10-17H2,1-3H3,(H,21,22);1H. The molecule has 0 aromatic heterocycles. The average Bonchev–Trinajstić information content (AvgIpc) is 3.49. The van der Waals surface area contributed by atoms with E-state index in [-0.39, 0.29) is 24.0 Å². The maximum atomic E-state index is 5.79. The lowest BCUT2D eigenvalue weighted by Gasteiger charge is -2.24. The van der Waals surface area contributed by atoms with Crippen molar-refractivity contribution in [3.63, 3.8) is 0 Å². The van der Waals surface area contributed by atoms with Gasteiger partial charge in [-0.05, 0) is 31.9 Å². The lowest BCUT2D eigenvalue weighted by molar-refractivity contribution is 0.145. The van der Waals surface area contributed by atoms with Crippen molar-refractivity contribution in [1.29, 1.82) is 0 Å². The molecule has 0 aliphatic heterocycles. The van der Waals surface area contributed by atoms with Gasteiger partial charge in [-0.2, -0.15) is 0 Å². The minimum Gasteiger partial charge on any atom is -0.492 e. The van der Waals surface area contributed by atoms with E-state index in [9.17, 15) is 0 Å². The van der Waals surface area contributed by atoms with Gasteiger partial charge in [-0.25, -0.2) is 0 Å². The number of hydrogen-bond acceptors (Lipinski definition) is 4. The minimum atomic E-state index is 0. The molecule has 2 rings (SSSR count). The first-order valence-electron chi connectivity index (χ1n) is 9.65. The smallest absolute Gasteiger partial charge is 0.193 e. The van der Waals surface area contributed by atoms with E-state index in [2.05, 4.69) is 29.1 Å². The summed E-state index contributed by atoms with van der Waals surface area (Å²) in [6, 6.07) is 10.7. The summed E-state index contributed by atoms with van der Waals surface area (Å²) in [6.45, 7) is 7.94. The van der Waals surface area contributed by atoms with E-state index >= 15 is 0 Å². The van der Waals surface area contributed by atoms with Crippen LogP contribution in [0, 0.1) is 0 Å². The molecule has 6 nitrogen and oxygen atoms in total. The van der Waals surface area contributed by atoms with E-state index in [1.807, 2.05) is 30.3 Å². The van der Waals surface area contributed by atoms with Gasteiger partial charge >= 0.3 is 0 Å². The van der Waals surface area contributed by atoms with E-state index in [0.717, 1.165) is 57.1 Å². The van der Waals surface area contributed by atoms with Gasteiger partial charge in [0.25, 0.3) is 0 Å². The molecule has 1 aromatic rings. The fraction of sp³-hybridized carbons (Fsp3) is 0.650. The maximum Gasteiger partial charge on any atom is 0.193 e. The topological polar surface area (TPSA) is 49.3 Å². The minimum absolute atomic E-state index is 0. The Morgan fingerprint density at radius 3 is 2.52 bits per heavy atom. The van der Waals surface area contributed by atoms with Gasteiger partial charge in [0.05, 0.1) is 19.7 Å². The van der Waals surface area contributed by atoms with Crippen LogP contribution in [0.1, 0.15) is 19.8 Å². The van der Waals surface area contributed by atoms with Crippen LogP contribution in [-0.2, 0) is 4.74 Å². The molecular formula is C20H35IN4O2. The number of likely N-dealkylation sites (N-methyl/N-ethyl adjacent to an activating group) is 1. The zero-order valence-electron chi connectivity index (χ0n) is 16.9. The molecular weight excluding hydrogens is 455 g/mol. The van der Waals surface area contributed by atoms with Gasteiger partial charge in [0.2, 0.25) is 0 Å². The highest BCUT2D eigenvalue weighted by atomic mass is 127. The van der Waals surface area contributed by atoms with Crippen molar-refractivity contribution in [2.75, 3.05) is 60.1 Å². The molecule has 1 fully saturated rings. The van der Waals surface area contributed by atoms with Crippen LogP contribution in [0.2, 0.25) is 0 Å². The predicted octanol–water partition coefficient (Wildman–Crippen LogP) is 2.69. The molecule has 1 saturated carbocycles. The Hall–Kier alpha value is -1.06. The highest BCUT2D eigenvalue weighted by Crippen LogP contribution is 2.26. The molecule has 0 saturated heterocycles. The fourth-order valence-corrected chi connectivity index (χ4v) is 2.80. The summed E-state index contributed by atoms with van der Waals surface area (Å²) >= 11 is 0. The van der Waals surface area contributed by atoms with E-state index in [1.165, 1.54) is 12.8 Å². The van der Waals surface area contributed by atoms with Crippen molar-refractivity contribution >= 4 is 29.9 Å². The molecule has 0 heterocycles. The van der Waals surface area contributed by atoms with Crippen LogP contribution < -0.4 is 10.1 Å². The Morgan fingerprint density at radius 1 is 1.15 bits per heavy atom. The van der Waals surface area contributed by atoms with E-state index in [0.29, 0.717) is 6.61 Å². The van der Waals surface area contributed by atoms with Crippen molar-refractivity contribution in [2.24, 2.45) is 4.99 Å². The molecule has 1 aliphatic carbocycles. The Labute approximate surface area is 181 Å². The zero-order chi connectivity index (χ0) is 18.6. The van der Waals surface area contributed by atoms with E-state index in [1.54, 1.807) is 7.11 Å². The maximum absolute atomic E-state index is 5.79. The average molecular weight is 490 g/mol. The van der Waals surface area contributed by atoms with Crippen LogP contribution >= 0.6 is 24.0 Å². The number of nitrogens with one attached hydrogen (secondary N) is 1. The van der Waals surface area contributed by atoms with Crippen LogP contribution in [0.5, 0.6) is 5.75 Å². The van der Waals surface area contributed by atoms with Crippen LogP contribution in [-0.4, -0.2) is 81.9 Å². The Balaban J connectivity index is 0.00000364. The SMILES string of the molecule is CCNC(=NCCN(CCOC)C1CC1)N(C)CCOc1ccccc1.I. The fourth-order valence-electron chi connectivity index (χ4n) is 2.80. The highest BCUT2D eigenvalue weighted by molar-refractivity contribution is 14.0. The number of methoxy groups -OCH3 is 1. The van der Waals surface area contributed by atoms with Crippen LogP contribution in [0.15, 0.2) is 35.3 Å². The number of halogens is 1. The Bertz CT molecular complexity index is 526. The summed E-state index contributed by atoms with van der Waals surface area (Å²) in [5.74, 6) is 1.84. The third kappa shape index (κ3) is 9.62. The van der Waals surface area contributed by atoms with Crippen molar-refractivity contribution in [1.82, 2.24) is 15.1 Å². The summed E-state index contributed by atoms with van der Waals surface area (Å²) in [5.41, 5.74) is 0. The van der Waals surface area contributed by atoms with Gasteiger partial charge in [-0.15, -0.1) is 24.0 Å². The molecule has 27 heavy (non-hydrogen) atoms. The van der Waals surface area contributed by atoms with Crippen molar-refractivity contribution in [3.05, 3.63) is 30.3 Å². The lowest BCUT2D eigenvalue weighted by atomic mass is 10.3. The number of ether oxygens (including phenoxy) is 2. The van der Waals surface area contributed by atoms with Gasteiger partial charge in [0.1, 0.15) is 12.4 Å². The van der Waals surface area contributed by atoms with Crippen LogP contribution in [0.3, 0.4) is 0 Å². The van der Waals surface area contributed by atoms with Crippen molar-refractivity contribution in [2.45, 2.75) is 25.8 Å². The monoisotopic (exact) mass is 490 g/mol. The quantitative estimate of drug-likeness (QED) is 0.278. The Kier molecular flexibility index (Phi) is 12.4. The van der Waals surface area contributed by atoms with Gasteiger partial charge < -0.3 is 19.7 Å². The summed E-state index contributed by atoms with van der Waals surface area (Å²) < 4.78 is 11.0. The van der Waals surface area contributed by atoms with Crippen molar-refractivity contribution in [3.8, 4) is 5.75 Å². The molecule has 0 unspecified atom stereocenters. The van der Waals surface area contributed by atoms with Gasteiger partial charge in [0.15, 0.2) is 5.96 Å². The number of benzene rings is 1. The second-order valence-corrected chi connectivity index (χ2v) is 6.58. The first-order valence-corrected chi connectivity index (χ1v) is 9.65. The zero-order valence-corrected chi connectivity index (χ0v) is 19.2. The van der Waals surface area contributed by atoms with E-state index < -0.39 is 0 Å². The number of aliphatic imine (C=N–C) groups is 1. The molecule has 1 N–H and O–H groups in total.